The van der Waals surface area contributed by atoms with Crippen molar-refractivity contribution >= 4 is 5.97 Å². The monoisotopic (exact) mass is 495 g/mol. The Morgan fingerprint density at radius 2 is 1.59 bits per heavy atom. The largest absolute Gasteiger partial charge is 0.482 e. The Kier molecular flexibility index (Phi) is 8.57. The van der Waals surface area contributed by atoms with E-state index in [0.717, 1.165) is 35.1 Å². The van der Waals surface area contributed by atoms with Gasteiger partial charge in [0, 0.05) is 18.8 Å². The highest BCUT2D eigenvalue weighted by Gasteiger charge is 2.10. The van der Waals surface area contributed by atoms with Gasteiger partial charge in [0.2, 0.25) is 0 Å². The van der Waals surface area contributed by atoms with Crippen molar-refractivity contribution in [1.29, 1.82) is 0 Å². The standard InChI is InChI=1S/C32H33NO4/c1-4-36-32(35)22-37-28-11-7-9-25(20-28)10-8-18-33-21-27(16-17-31(33)34)30-13-6-5-12-29(30)26-15-14-23(2)24(3)19-26/h5-7,9,11-17,19-21H,4,8,10,18,22H2,1-3H3. The lowest BCUT2D eigenvalue weighted by Gasteiger charge is -2.14. The Hall–Kier alpha value is -4.12. The van der Waals surface area contributed by atoms with Crippen LogP contribution in [0.15, 0.2) is 89.9 Å². The molecule has 5 nitrogen and oxygen atoms in total. The summed E-state index contributed by atoms with van der Waals surface area (Å²) in [6.45, 7) is 6.84. The highest BCUT2D eigenvalue weighted by atomic mass is 16.6. The molecule has 0 aliphatic rings. The lowest BCUT2D eigenvalue weighted by molar-refractivity contribution is -0.145. The number of benzene rings is 3. The zero-order valence-electron chi connectivity index (χ0n) is 21.7. The molecule has 0 saturated carbocycles. The summed E-state index contributed by atoms with van der Waals surface area (Å²) in [4.78, 5) is 24.2. The second-order valence-electron chi connectivity index (χ2n) is 9.14. The normalized spacial score (nSPS) is 10.8. The van der Waals surface area contributed by atoms with Gasteiger partial charge in [-0.3, -0.25) is 4.79 Å². The van der Waals surface area contributed by atoms with E-state index in [1.807, 2.05) is 42.6 Å². The topological polar surface area (TPSA) is 57.5 Å². The fraction of sp³-hybridized carbons (Fsp3) is 0.250. The summed E-state index contributed by atoms with van der Waals surface area (Å²) in [5, 5.41) is 0. The molecule has 1 aromatic heterocycles. The Balaban J connectivity index is 1.47. The zero-order chi connectivity index (χ0) is 26.2. The van der Waals surface area contributed by atoms with Crippen LogP contribution in [0, 0.1) is 13.8 Å². The molecule has 37 heavy (non-hydrogen) atoms. The Bertz CT molecular complexity index is 1440. The molecule has 0 aliphatic carbocycles. The van der Waals surface area contributed by atoms with Gasteiger partial charge in [0.25, 0.3) is 5.56 Å². The molecule has 190 valence electrons. The minimum absolute atomic E-state index is 0.0149. The van der Waals surface area contributed by atoms with Crippen LogP contribution in [0.3, 0.4) is 0 Å². The number of rotatable bonds is 10. The summed E-state index contributed by atoms with van der Waals surface area (Å²) in [6, 6.07) is 26.1. The van der Waals surface area contributed by atoms with Crippen molar-refractivity contribution in [1.82, 2.24) is 4.57 Å². The minimum Gasteiger partial charge on any atom is -0.482 e. The molecule has 4 rings (SSSR count). The number of carbonyl (C=O) groups excluding carboxylic acids is 1. The van der Waals surface area contributed by atoms with E-state index >= 15 is 0 Å². The minimum atomic E-state index is -0.383. The Morgan fingerprint density at radius 3 is 2.35 bits per heavy atom. The van der Waals surface area contributed by atoms with E-state index < -0.39 is 0 Å². The van der Waals surface area contributed by atoms with Gasteiger partial charge in [0.15, 0.2) is 6.61 Å². The van der Waals surface area contributed by atoms with Crippen LogP contribution < -0.4 is 10.3 Å². The van der Waals surface area contributed by atoms with E-state index in [0.29, 0.717) is 18.9 Å². The number of aromatic nitrogens is 1. The van der Waals surface area contributed by atoms with Crippen molar-refractivity contribution in [2.75, 3.05) is 13.2 Å². The molecule has 4 aromatic rings. The summed E-state index contributed by atoms with van der Waals surface area (Å²) in [6.07, 6.45) is 3.54. The average molecular weight is 496 g/mol. The molecule has 0 atom stereocenters. The van der Waals surface area contributed by atoms with Crippen molar-refractivity contribution in [2.45, 2.75) is 40.2 Å². The second-order valence-corrected chi connectivity index (χ2v) is 9.14. The van der Waals surface area contributed by atoms with Crippen molar-refractivity contribution in [2.24, 2.45) is 0 Å². The molecular weight excluding hydrogens is 462 g/mol. The second kappa shape index (κ2) is 12.2. The summed E-state index contributed by atoms with van der Waals surface area (Å²) < 4.78 is 12.2. The van der Waals surface area contributed by atoms with Crippen LogP contribution in [0.1, 0.15) is 30.0 Å². The van der Waals surface area contributed by atoms with Gasteiger partial charge < -0.3 is 14.0 Å². The molecule has 0 unspecified atom stereocenters. The third-order valence-electron chi connectivity index (χ3n) is 6.46. The van der Waals surface area contributed by atoms with Crippen LogP contribution in [0.25, 0.3) is 22.3 Å². The first-order chi connectivity index (χ1) is 17.9. The van der Waals surface area contributed by atoms with Gasteiger partial charge >= 0.3 is 5.97 Å². The van der Waals surface area contributed by atoms with Crippen LogP contribution in [-0.4, -0.2) is 23.8 Å². The van der Waals surface area contributed by atoms with Gasteiger partial charge in [-0.05, 0) is 90.8 Å². The lowest BCUT2D eigenvalue weighted by atomic mass is 9.93. The number of aryl methyl sites for hydroxylation is 4. The predicted molar refractivity (Wildman–Crippen MR) is 148 cm³/mol. The van der Waals surface area contributed by atoms with E-state index in [9.17, 15) is 9.59 Å². The first kappa shape index (κ1) is 26.0. The summed E-state index contributed by atoms with van der Waals surface area (Å²) >= 11 is 0. The van der Waals surface area contributed by atoms with Gasteiger partial charge in [0.05, 0.1) is 6.61 Å². The third-order valence-corrected chi connectivity index (χ3v) is 6.46. The molecular formula is C32H33NO4. The average Bonchev–Trinajstić information content (AvgIpc) is 2.91. The summed E-state index contributed by atoms with van der Waals surface area (Å²) in [5.74, 6) is 0.249. The molecule has 0 saturated heterocycles. The lowest BCUT2D eigenvalue weighted by Crippen LogP contribution is -2.19. The van der Waals surface area contributed by atoms with Crippen LogP contribution in [0.5, 0.6) is 5.75 Å². The van der Waals surface area contributed by atoms with Gasteiger partial charge in [-0.2, -0.15) is 0 Å². The number of ether oxygens (including phenoxy) is 2. The SMILES string of the molecule is CCOC(=O)COc1cccc(CCCn2cc(-c3ccccc3-c3ccc(C)c(C)c3)ccc2=O)c1. The van der Waals surface area contributed by atoms with Gasteiger partial charge in [-0.25, -0.2) is 4.79 Å². The maximum atomic E-state index is 12.6. The molecule has 0 N–H and O–H groups in total. The summed E-state index contributed by atoms with van der Waals surface area (Å²) in [7, 11) is 0. The first-order valence-corrected chi connectivity index (χ1v) is 12.7. The van der Waals surface area contributed by atoms with Crippen molar-refractivity contribution in [3.8, 4) is 28.0 Å². The number of hydrogen-bond acceptors (Lipinski definition) is 4. The Morgan fingerprint density at radius 1 is 0.838 bits per heavy atom. The highest BCUT2D eigenvalue weighted by molar-refractivity contribution is 5.83. The van der Waals surface area contributed by atoms with Crippen molar-refractivity contribution in [3.63, 3.8) is 0 Å². The zero-order valence-corrected chi connectivity index (χ0v) is 21.7. The molecule has 0 radical (unpaired) electrons. The number of esters is 1. The van der Waals surface area contributed by atoms with Crippen LogP contribution in [-0.2, 0) is 22.5 Å². The first-order valence-electron chi connectivity index (χ1n) is 12.7. The number of hydrogen-bond donors (Lipinski definition) is 0. The predicted octanol–water partition coefficient (Wildman–Crippen LogP) is 6.37. The fourth-order valence-corrected chi connectivity index (χ4v) is 4.35. The quantitative estimate of drug-likeness (QED) is 0.240. The van der Waals surface area contributed by atoms with E-state index in [1.165, 1.54) is 16.7 Å². The Labute approximate surface area is 218 Å². The van der Waals surface area contributed by atoms with Gasteiger partial charge in [-0.15, -0.1) is 0 Å². The molecule has 0 amide bonds. The summed E-state index contributed by atoms with van der Waals surface area (Å²) in [5.41, 5.74) is 8.04. The molecule has 3 aromatic carbocycles. The molecule has 0 spiro atoms. The molecule has 1 heterocycles. The third kappa shape index (κ3) is 6.76. The molecule has 0 aliphatic heterocycles. The highest BCUT2D eigenvalue weighted by Crippen LogP contribution is 2.32. The van der Waals surface area contributed by atoms with Crippen LogP contribution in [0.2, 0.25) is 0 Å². The van der Waals surface area contributed by atoms with Gasteiger partial charge in [-0.1, -0.05) is 54.6 Å². The smallest absolute Gasteiger partial charge is 0.344 e. The van der Waals surface area contributed by atoms with Crippen molar-refractivity contribution in [3.05, 3.63) is 112 Å². The van der Waals surface area contributed by atoms with E-state index in [-0.39, 0.29) is 18.1 Å². The molecule has 0 bridgehead atoms. The maximum absolute atomic E-state index is 12.6. The molecule has 0 fully saturated rings. The van der Waals surface area contributed by atoms with E-state index in [1.54, 1.807) is 17.6 Å². The van der Waals surface area contributed by atoms with E-state index in [2.05, 4.69) is 50.2 Å². The fourth-order valence-electron chi connectivity index (χ4n) is 4.35. The van der Waals surface area contributed by atoms with Crippen molar-refractivity contribution < 1.29 is 14.3 Å². The number of carbonyl (C=O) groups is 1. The van der Waals surface area contributed by atoms with Crippen LogP contribution in [0.4, 0.5) is 0 Å². The van der Waals surface area contributed by atoms with Gasteiger partial charge in [0.1, 0.15) is 5.75 Å². The number of pyridine rings is 1. The van der Waals surface area contributed by atoms with E-state index in [4.69, 9.17) is 9.47 Å². The number of nitrogens with zero attached hydrogens (tertiary/aromatic N) is 1. The maximum Gasteiger partial charge on any atom is 0.344 e. The van der Waals surface area contributed by atoms with Crippen LogP contribution >= 0.6 is 0 Å². The molecule has 5 heteroatoms.